The number of aliphatic hydroxyl groups excluding tert-OH is 1. The van der Waals surface area contributed by atoms with Crippen LogP contribution in [0.15, 0.2) is 48.5 Å². The number of hydrogen-bond acceptors (Lipinski definition) is 4. The van der Waals surface area contributed by atoms with Crippen molar-refractivity contribution in [3.8, 4) is 11.5 Å². The van der Waals surface area contributed by atoms with E-state index in [1.54, 1.807) is 0 Å². The Kier molecular flexibility index (Phi) is 5.38. The monoisotopic (exact) mass is 380 g/mol. The lowest BCUT2D eigenvalue weighted by Crippen LogP contribution is -2.58. The first-order valence-corrected chi connectivity index (χ1v) is 10.1. The Morgan fingerprint density at radius 1 is 1.21 bits per heavy atom. The molecule has 0 unspecified atom stereocenters. The predicted molar refractivity (Wildman–Crippen MR) is 109 cm³/mol. The van der Waals surface area contributed by atoms with Gasteiger partial charge in [-0.25, -0.2) is 0 Å². The highest BCUT2D eigenvalue weighted by molar-refractivity contribution is 5.94. The summed E-state index contributed by atoms with van der Waals surface area (Å²) < 4.78 is 5.88. The summed E-state index contributed by atoms with van der Waals surface area (Å²) in [4.78, 5) is 14.9. The summed E-state index contributed by atoms with van der Waals surface area (Å²) in [5, 5.41) is 14.0. The number of nitrogens with zero attached hydrogens (tertiary/aromatic N) is 1. The van der Waals surface area contributed by atoms with Crippen LogP contribution in [-0.4, -0.2) is 48.2 Å². The van der Waals surface area contributed by atoms with Crippen molar-refractivity contribution in [1.29, 1.82) is 0 Å². The van der Waals surface area contributed by atoms with Crippen LogP contribution in [-0.2, 0) is 0 Å². The number of ether oxygens (including phenoxy) is 1. The number of piperidine rings is 2. The van der Waals surface area contributed by atoms with Gasteiger partial charge in [-0.05, 0) is 74.7 Å². The zero-order valence-corrected chi connectivity index (χ0v) is 16.4. The van der Waals surface area contributed by atoms with Crippen LogP contribution in [0.25, 0.3) is 0 Å². The number of carbonyl (C=O) groups excluding carboxylic acids is 1. The van der Waals surface area contributed by atoms with Gasteiger partial charge in [-0.1, -0.05) is 12.1 Å². The molecule has 2 aliphatic heterocycles. The first kappa shape index (κ1) is 19.0. The summed E-state index contributed by atoms with van der Waals surface area (Å²) in [6, 6.07) is 15.2. The van der Waals surface area contributed by atoms with Gasteiger partial charge in [-0.3, -0.25) is 4.79 Å². The van der Waals surface area contributed by atoms with Crippen LogP contribution in [0.2, 0.25) is 0 Å². The standard InChI is InChI=1S/C23H28N2O3/c1-17-4-2-5-20(14-17)28-19-8-6-18(7-9-19)22(27)25-13-3-11-23(16-25)15-24-12-10-21(23)26/h2,4-9,14,21,24,26H,3,10-13,15-16H2,1H3/t21-,23-/m0/s1. The molecule has 2 fully saturated rings. The molecule has 0 saturated carbocycles. The second-order valence-corrected chi connectivity index (χ2v) is 8.12. The summed E-state index contributed by atoms with van der Waals surface area (Å²) in [6.07, 6.45) is 2.31. The van der Waals surface area contributed by atoms with Gasteiger partial charge in [0.1, 0.15) is 11.5 Å². The predicted octanol–water partition coefficient (Wildman–Crippen LogP) is 3.36. The Bertz CT molecular complexity index is 832. The van der Waals surface area contributed by atoms with E-state index in [-0.39, 0.29) is 17.4 Å². The molecule has 2 aromatic carbocycles. The molecule has 1 spiro atoms. The molecule has 0 radical (unpaired) electrons. The zero-order valence-electron chi connectivity index (χ0n) is 16.4. The number of nitrogens with one attached hydrogen (secondary N) is 1. The van der Waals surface area contributed by atoms with E-state index in [1.165, 1.54) is 0 Å². The Hall–Kier alpha value is -2.37. The Balaban J connectivity index is 1.44. The van der Waals surface area contributed by atoms with Crippen molar-refractivity contribution in [3.05, 3.63) is 59.7 Å². The van der Waals surface area contributed by atoms with Crippen LogP contribution in [0.3, 0.4) is 0 Å². The third-order valence-electron chi connectivity index (χ3n) is 6.00. The quantitative estimate of drug-likeness (QED) is 0.857. The van der Waals surface area contributed by atoms with Crippen molar-refractivity contribution >= 4 is 5.91 Å². The molecule has 2 heterocycles. The van der Waals surface area contributed by atoms with Gasteiger partial charge < -0.3 is 20.1 Å². The third-order valence-corrected chi connectivity index (χ3v) is 6.00. The molecule has 5 nitrogen and oxygen atoms in total. The summed E-state index contributed by atoms with van der Waals surface area (Å²) in [6.45, 7) is 5.01. The largest absolute Gasteiger partial charge is 0.457 e. The average molecular weight is 380 g/mol. The molecule has 0 bridgehead atoms. The van der Waals surface area contributed by atoms with Gasteiger partial charge in [0.15, 0.2) is 0 Å². The molecule has 2 N–H and O–H groups in total. The summed E-state index contributed by atoms with van der Waals surface area (Å²) in [5.74, 6) is 1.53. The van der Waals surface area contributed by atoms with E-state index >= 15 is 0 Å². The third kappa shape index (κ3) is 3.91. The molecule has 0 aliphatic carbocycles. The fourth-order valence-electron chi connectivity index (χ4n) is 4.41. The van der Waals surface area contributed by atoms with Gasteiger partial charge in [-0.15, -0.1) is 0 Å². The van der Waals surface area contributed by atoms with Crippen molar-refractivity contribution in [2.75, 3.05) is 26.2 Å². The topological polar surface area (TPSA) is 61.8 Å². The molecule has 1 amide bonds. The molecule has 2 saturated heterocycles. The molecule has 2 aliphatic rings. The minimum atomic E-state index is -0.338. The van der Waals surface area contributed by atoms with Crippen LogP contribution in [0.5, 0.6) is 11.5 Å². The second kappa shape index (κ2) is 7.94. The van der Waals surface area contributed by atoms with Crippen molar-refractivity contribution in [2.45, 2.75) is 32.3 Å². The van der Waals surface area contributed by atoms with E-state index in [9.17, 15) is 9.90 Å². The summed E-state index contributed by atoms with van der Waals surface area (Å²) in [7, 11) is 0. The maximum absolute atomic E-state index is 13.0. The van der Waals surface area contributed by atoms with Gasteiger partial charge in [0.05, 0.1) is 6.10 Å². The number of amides is 1. The molecular weight excluding hydrogens is 352 g/mol. The molecule has 2 atom stereocenters. The fourth-order valence-corrected chi connectivity index (χ4v) is 4.41. The lowest BCUT2D eigenvalue weighted by molar-refractivity contribution is -0.0433. The SMILES string of the molecule is Cc1cccc(Oc2ccc(C(=O)N3CCC[C@]4(CNCC[C@@H]4O)C3)cc2)c1. The minimum Gasteiger partial charge on any atom is -0.457 e. The van der Waals surface area contributed by atoms with Gasteiger partial charge in [0.2, 0.25) is 0 Å². The van der Waals surface area contributed by atoms with E-state index in [0.717, 1.165) is 50.2 Å². The molecule has 2 aromatic rings. The maximum Gasteiger partial charge on any atom is 0.253 e. The number of aryl methyl sites for hydroxylation is 1. The number of benzene rings is 2. The van der Waals surface area contributed by atoms with Crippen LogP contribution >= 0.6 is 0 Å². The van der Waals surface area contributed by atoms with Gasteiger partial charge in [0, 0.05) is 30.6 Å². The first-order valence-electron chi connectivity index (χ1n) is 10.1. The molecular formula is C23H28N2O3. The van der Waals surface area contributed by atoms with Gasteiger partial charge in [-0.2, -0.15) is 0 Å². The number of aliphatic hydroxyl groups is 1. The lowest BCUT2D eigenvalue weighted by atomic mass is 9.72. The number of carbonyl (C=O) groups is 1. The molecule has 0 aromatic heterocycles. The highest BCUT2D eigenvalue weighted by Gasteiger charge is 2.44. The van der Waals surface area contributed by atoms with E-state index in [0.29, 0.717) is 17.9 Å². The zero-order chi connectivity index (χ0) is 19.6. The average Bonchev–Trinajstić information content (AvgIpc) is 2.71. The number of likely N-dealkylation sites (tertiary alicyclic amines) is 1. The van der Waals surface area contributed by atoms with Crippen molar-refractivity contribution in [2.24, 2.45) is 5.41 Å². The van der Waals surface area contributed by atoms with E-state index in [4.69, 9.17) is 4.74 Å². The van der Waals surface area contributed by atoms with E-state index in [1.807, 2.05) is 60.4 Å². The highest BCUT2D eigenvalue weighted by Crippen LogP contribution is 2.36. The van der Waals surface area contributed by atoms with Crippen molar-refractivity contribution in [1.82, 2.24) is 10.2 Å². The van der Waals surface area contributed by atoms with Crippen LogP contribution in [0.1, 0.15) is 35.2 Å². The Morgan fingerprint density at radius 2 is 2.04 bits per heavy atom. The first-order chi connectivity index (χ1) is 13.6. The summed E-state index contributed by atoms with van der Waals surface area (Å²) in [5.41, 5.74) is 1.59. The fraction of sp³-hybridized carbons (Fsp3) is 0.435. The normalized spacial score (nSPS) is 24.9. The van der Waals surface area contributed by atoms with Gasteiger partial charge in [0.25, 0.3) is 5.91 Å². The van der Waals surface area contributed by atoms with Crippen molar-refractivity contribution in [3.63, 3.8) is 0 Å². The second-order valence-electron chi connectivity index (χ2n) is 8.12. The minimum absolute atomic E-state index is 0.0268. The van der Waals surface area contributed by atoms with E-state index in [2.05, 4.69) is 5.32 Å². The summed E-state index contributed by atoms with van der Waals surface area (Å²) >= 11 is 0. The van der Waals surface area contributed by atoms with Crippen LogP contribution < -0.4 is 10.1 Å². The van der Waals surface area contributed by atoms with Crippen molar-refractivity contribution < 1.29 is 14.6 Å². The molecule has 148 valence electrons. The molecule has 4 rings (SSSR count). The molecule has 5 heteroatoms. The van der Waals surface area contributed by atoms with Gasteiger partial charge >= 0.3 is 0 Å². The molecule has 28 heavy (non-hydrogen) atoms. The highest BCUT2D eigenvalue weighted by atomic mass is 16.5. The lowest BCUT2D eigenvalue weighted by Gasteiger charge is -2.48. The maximum atomic E-state index is 13.0. The van der Waals surface area contributed by atoms with Crippen LogP contribution in [0, 0.1) is 12.3 Å². The number of hydrogen-bond donors (Lipinski definition) is 2. The smallest absolute Gasteiger partial charge is 0.253 e. The van der Waals surface area contributed by atoms with Crippen LogP contribution in [0.4, 0.5) is 0 Å². The Morgan fingerprint density at radius 3 is 2.79 bits per heavy atom. The van der Waals surface area contributed by atoms with E-state index < -0.39 is 0 Å². The number of rotatable bonds is 3. The Labute approximate surface area is 166 Å².